The Morgan fingerprint density at radius 2 is 0.958 bits per heavy atom. The van der Waals surface area contributed by atoms with Gasteiger partial charge in [-0.05, 0) is 6.42 Å². The molecule has 0 heterocycles. The van der Waals surface area contributed by atoms with Gasteiger partial charge in [0.05, 0.1) is 65.7 Å². The van der Waals surface area contributed by atoms with Gasteiger partial charge in [0.15, 0.2) is 0 Å². The molecule has 0 rings (SSSR count). The summed E-state index contributed by atoms with van der Waals surface area (Å²) in [6.07, 6.45) is 6.35. The molecule has 144 valence electrons. The van der Waals surface area contributed by atoms with Crippen LogP contribution in [0.3, 0.4) is 0 Å². The van der Waals surface area contributed by atoms with Crippen molar-refractivity contribution < 1.29 is 28.4 Å². The number of unbranched alkanes of at least 4 members (excludes halogenated alkanes) is 3. The number of rotatable bonds is 21. The Morgan fingerprint density at radius 1 is 0.542 bits per heavy atom. The summed E-state index contributed by atoms with van der Waals surface area (Å²) in [5.74, 6) is 0. The molecule has 6 nitrogen and oxygen atoms in total. The molecule has 0 saturated carbocycles. The number of hydrogen-bond acceptors (Lipinski definition) is 6. The zero-order chi connectivity index (χ0) is 17.6. The molecule has 0 fully saturated rings. The van der Waals surface area contributed by atoms with E-state index < -0.39 is 0 Å². The highest BCUT2D eigenvalue weighted by atomic mass is 16.6. The van der Waals surface area contributed by atoms with Gasteiger partial charge in [-0.3, -0.25) is 0 Å². The van der Waals surface area contributed by atoms with Crippen molar-refractivity contribution in [1.82, 2.24) is 0 Å². The molecule has 0 N–H and O–H groups in total. The minimum absolute atomic E-state index is 0.524. The fraction of sp³-hybridized carbons (Fsp3) is 0.889. The third-order valence-electron chi connectivity index (χ3n) is 3.09. The molecule has 0 spiro atoms. The highest BCUT2D eigenvalue weighted by Gasteiger charge is 1.94. The maximum absolute atomic E-state index is 5.48. The second kappa shape index (κ2) is 22.3. The topological polar surface area (TPSA) is 55.4 Å². The Morgan fingerprint density at radius 3 is 1.38 bits per heavy atom. The molecule has 0 aromatic carbocycles. The van der Waals surface area contributed by atoms with E-state index in [1.807, 2.05) is 0 Å². The summed E-state index contributed by atoms with van der Waals surface area (Å²) in [6.45, 7) is 12.3. The fourth-order valence-corrected chi connectivity index (χ4v) is 1.80. The summed E-state index contributed by atoms with van der Waals surface area (Å²) in [4.78, 5) is 0. The van der Waals surface area contributed by atoms with Gasteiger partial charge in [0, 0.05) is 6.61 Å². The summed E-state index contributed by atoms with van der Waals surface area (Å²) in [6, 6.07) is 0. The van der Waals surface area contributed by atoms with Crippen molar-refractivity contribution >= 4 is 0 Å². The number of ether oxygens (including phenoxy) is 6. The normalized spacial score (nSPS) is 10.9. The minimum atomic E-state index is 0.524. The molecule has 0 unspecified atom stereocenters. The lowest BCUT2D eigenvalue weighted by Gasteiger charge is -2.08. The highest BCUT2D eigenvalue weighted by Crippen LogP contribution is 1.98. The van der Waals surface area contributed by atoms with E-state index in [9.17, 15) is 0 Å². The second-order valence-electron chi connectivity index (χ2n) is 5.16. The van der Waals surface area contributed by atoms with Gasteiger partial charge in [0.2, 0.25) is 0 Å². The van der Waals surface area contributed by atoms with E-state index in [4.69, 9.17) is 28.4 Å². The summed E-state index contributed by atoms with van der Waals surface area (Å²) < 4.78 is 31.9. The first kappa shape index (κ1) is 23.3. The summed E-state index contributed by atoms with van der Waals surface area (Å²) in [5, 5.41) is 0. The van der Waals surface area contributed by atoms with Crippen molar-refractivity contribution in [1.29, 1.82) is 0 Å². The predicted octanol–water partition coefficient (Wildman–Crippen LogP) is 2.81. The first-order valence-corrected chi connectivity index (χ1v) is 9.03. The van der Waals surface area contributed by atoms with Crippen LogP contribution >= 0.6 is 0 Å². The Bertz CT molecular complexity index is 238. The molecule has 6 heteroatoms. The highest BCUT2D eigenvalue weighted by molar-refractivity contribution is 4.47. The van der Waals surface area contributed by atoms with E-state index in [-0.39, 0.29) is 0 Å². The Balaban J connectivity index is 2.94. The third kappa shape index (κ3) is 21.3. The fourth-order valence-electron chi connectivity index (χ4n) is 1.80. The average Bonchev–Trinajstić information content (AvgIpc) is 2.60. The van der Waals surface area contributed by atoms with Crippen molar-refractivity contribution in [3.63, 3.8) is 0 Å². The van der Waals surface area contributed by atoms with Crippen molar-refractivity contribution in [2.24, 2.45) is 0 Å². The molecule has 0 aromatic heterocycles. The van der Waals surface area contributed by atoms with Crippen LogP contribution in [0, 0.1) is 0 Å². The van der Waals surface area contributed by atoms with Crippen LogP contribution in [0.25, 0.3) is 0 Å². The van der Waals surface area contributed by atoms with Gasteiger partial charge >= 0.3 is 0 Å². The molecule has 24 heavy (non-hydrogen) atoms. The van der Waals surface area contributed by atoms with Gasteiger partial charge in [-0.15, -0.1) is 0 Å². The zero-order valence-electron chi connectivity index (χ0n) is 15.3. The summed E-state index contributed by atoms with van der Waals surface area (Å²) in [5.41, 5.74) is 0. The molecule has 0 saturated heterocycles. The SMILES string of the molecule is C=COCCOCCOCCOCCOCCOCCCCCC. The first-order valence-electron chi connectivity index (χ1n) is 9.03. The van der Waals surface area contributed by atoms with Crippen molar-refractivity contribution in [2.75, 3.05) is 72.7 Å². The molecule has 0 radical (unpaired) electrons. The van der Waals surface area contributed by atoms with Gasteiger partial charge < -0.3 is 28.4 Å². The maximum Gasteiger partial charge on any atom is 0.111 e. The van der Waals surface area contributed by atoms with Crippen molar-refractivity contribution in [2.45, 2.75) is 32.6 Å². The molecule has 0 aliphatic rings. The summed E-state index contributed by atoms with van der Waals surface area (Å²) in [7, 11) is 0. The van der Waals surface area contributed by atoms with Crippen LogP contribution in [0.2, 0.25) is 0 Å². The molecule has 0 aliphatic carbocycles. The second-order valence-corrected chi connectivity index (χ2v) is 5.16. The van der Waals surface area contributed by atoms with Crippen molar-refractivity contribution in [3.05, 3.63) is 12.8 Å². The quantitative estimate of drug-likeness (QED) is 0.235. The molecular formula is C18H36O6. The predicted molar refractivity (Wildman–Crippen MR) is 94.4 cm³/mol. The van der Waals surface area contributed by atoms with E-state index in [0.29, 0.717) is 66.1 Å². The van der Waals surface area contributed by atoms with E-state index in [2.05, 4.69) is 13.5 Å². The van der Waals surface area contributed by atoms with Crippen LogP contribution in [0.4, 0.5) is 0 Å². The lowest BCUT2D eigenvalue weighted by atomic mass is 10.2. The lowest BCUT2D eigenvalue weighted by molar-refractivity contribution is -0.0138. The van der Waals surface area contributed by atoms with E-state index in [1.165, 1.54) is 25.5 Å². The largest absolute Gasteiger partial charge is 0.499 e. The van der Waals surface area contributed by atoms with Gasteiger partial charge in [0.25, 0.3) is 0 Å². The smallest absolute Gasteiger partial charge is 0.111 e. The molecule has 0 atom stereocenters. The Hall–Kier alpha value is -0.660. The van der Waals surface area contributed by atoms with Crippen LogP contribution in [0.1, 0.15) is 32.6 Å². The zero-order valence-corrected chi connectivity index (χ0v) is 15.3. The van der Waals surface area contributed by atoms with Crippen LogP contribution in [-0.2, 0) is 28.4 Å². The van der Waals surface area contributed by atoms with Gasteiger partial charge in [-0.25, -0.2) is 0 Å². The minimum Gasteiger partial charge on any atom is -0.499 e. The number of hydrogen-bond donors (Lipinski definition) is 0. The van der Waals surface area contributed by atoms with Gasteiger partial charge in [0.1, 0.15) is 6.61 Å². The average molecular weight is 348 g/mol. The molecule has 0 aliphatic heterocycles. The first-order chi connectivity index (χ1) is 11.9. The molecular weight excluding hydrogens is 312 g/mol. The summed E-state index contributed by atoms with van der Waals surface area (Å²) >= 11 is 0. The monoisotopic (exact) mass is 348 g/mol. The third-order valence-corrected chi connectivity index (χ3v) is 3.09. The van der Waals surface area contributed by atoms with E-state index >= 15 is 0 Å². The van der Waals surface area contributed by atoms with Gasteiger partial charge in [-0.1, -0.05) is 32.8 Å². The van der Waals surface area contributed by atoms with Crippen LogP contribution in [-0.4, -0.2) is 72.7 Å². The standard InChI is InChI=1S/C18H36O6/c1-3-5-6-7-8-20-11-12-22-15-16-24-18-17-23-14-13-21-10-9-19-4-2/h4H,2-3,5-18H2,1H3. The van der Waals surface area contributed by atoms with Crippen LogP contribution < -0.4 is 0 Å². The van der Waals surface area contributed by atoms with E-state index in [1.54, 1.807) is 0 Å². The molecule has 0 aromatic rings. The van der Waals surface area contributed by atoms with Gasteiger partial charge in [-0.2, -0.15) is 0 Å². The Kier molecular flexibility index (Phi) is 21.7. The lowest BCUT2D eigenvalue weighted by Crippen LogP contribution is -2.13. The molecule has 0 bridgehead atoms. The van der Waals surface area contributed by atoms with Crippen molar-refractivity contribution in [3.8, 4) is 0 Å². The van der Waals surface area contributed by atoms with E-state index in [0.717, 1.165) is 13.0 Å². The van der Waals surface area contributed by atoms with Crippen LogP contribution in [0.15, 0.2) is 12.8 Å². The Labute approximate surface area is 147 Å². The maximum atomic E-state index is 5.48. The molecule has 0 amide bonds. The van der Waals surface area contributed by atoms with Crippen LogP contribution in [0.5, 0.6) is 0 Å².